The molecule has 0 saturated heterocycles. The van der Waals surface area contributed by atoms with E-state index in [2.05, 4.69) is 17.6 Å². The first-order valence-corrected chi connectivity index (χ1v) is 8.43. The Morgan fingerprint density at radius 3 is 2.96 bits per heavy atom. The number of aromatic nitrogens is 2. The number of halogens is 1. The van der Waals surface area contributed by atoms with Gasteiger partial charge in [0.1, 0.15) is 5.83 Å². The third kappa shape index (κ3) is 3.82. The zero-order chi connectivity index (χ0) is 16.4. The van der Waals surface area contributed by atoms with Gasteiger partial charge >= 0.3 is 0 Å². The van der Waals surface area contributed by atoms with Gasteiger partial charge in [-0.1, -0.05) is 5.57 Å². The minimum atomic E-state index is -0.225. The van der Waals surface area contributed by atoms with Gasteiger partial charge in [-0.3, -0.25) is 4.68 Å². The molecule has 2 aliphatic rings. The van der Waals surface area contributed by atoms with Crippen molar-refractivity contribution in [2.45, 2.75) is 51.7 Å². The molecular formula is C17H26FN5. The number of nitrogens with zero attached hydrogens (tertiary/aromatic N) is 2. The lowest BCUT2D eigenvalue weighted by Crippen LogP contribution is -2.22. The molecule has 1 saturated carbocycles. The molecule has 0 bridgehead atoms. The quantitative estimate of drug-likeness (QED) is 0.721. The Labute approximate surface area is 136 Å². The molecule has 1 atom stereocenters. The van der Waals surface area contributed by atoms with Gasteiger partial charge in [0.05, 0.1) is 17.1 Å². The SMILES string of the molecule is CC1=CC(F)=C(c2cc(C(C)NC3CC3)nn2CCCN)NC1. The summed E-state index contributed by atoms with van der Waals surface area (Å²) >= 11 is 0. The van der Waals surface area contributed by atoms with Gasteiger partial charge in [-0.25, -0.2) is 4.39 Å². The van der Waals surface area contributed by atoms with E-state index in [0.717, 1.165) is 23.4 Å². The maximum absolute atomic E-state index is 14.4. The maximum Gasteiger partial charge on any atom is 0.148 e. The molecule has 0 spiro atoms. The van der Waals surface area contributed by atoms with Crippen molar-refractivity contribution in [3.05, 3.63) is 34.9 Å². The summed E-state index contributed by atoms with van der Waals surface area (Å²) in [6, 6.07) is 2.77. The summed E-state index contributed by atoms with van der Waals surface area (Å²) in [6.45, 7) is 5.99. The molecule has 6 heteroatoms. The van der Waals surface area contributed by atoms with Gasteiger partial charge in [0.2, 0.25) is 0 Å². The van der Waals surface area contributed by atoms with Crippen molar-refractivity contribution in [1.29, 1.82) is 0 Å². The summed E-state index contributed by atoms with van der Waals surface area (Å²) in [4.78, 5) is 0. The van der Waals surface area contributed by atoms with Crippen molar-refractivity contribution in [3.8, 4) is 0 Å². The molecule has 5 nitrogen and oxygen atoms in total. The lowest BCUT2D eigenvalue weighted by atomic mass is 10.1. The van der Waals surface area contributed by atoms with E-state index in [9.17, 15) is 4.39 Å². The minimum absolute atomic E-state index is 0.171. The van der Waals surface area contributed by atoms with Crippen molar-refractivity contribution < 1.29 is 4.39 Å². The van der Waals surface area contributed by atoms with Gasteiger partial charge < -0.3 is 16.4 Å². The Hall–Kier alpha value is -1.66. The van der Waals surface area contributed by atoms with Crippen molar-refractivity contribution in [2.24, 2.45) is 5.73 Å². The molecule has 23 heavy (non-hydrogen) atoms. The smallest absolute Gasteiger partial charge is 0.148 e. The molecule has 1 aromatic heterocycles. The first kappa shape index (κ1) is 16.2. The zero-order valence-corrected chi connectivity index (χ0v) is 13.9. The zero-order valence-electron chi connectivity index (χ0n) is 13.9. The molecule has 1 fully saturated rings. The molecule has 4 N–H and O–H groups in total. The summed E-state index contributed by atoms with van der Waals surface area (Å²) in [6.07, 6.45) is 4.88. The predicted octanol–water partition coefficient (Wildman–Crippen LogP) is 2.23. The lowest BCUT2D eigenvalue weighted by molar-refractivity contribution is 0.524. The summed E-state index contributed by atoms with van der Waals surface area (Å²) in [5.74, 6) is -0.225. The molecule has 1 aromatic rings. The van der Waals surface area contributed by atoms with Crippen molar-refractivity contribution in [3.63, 3.8) is 0 Å². The van der Waals surface area contributed by atoms with Crippen molar-refractivity contribution in [1.82, 2.24) is 20.4 Å². The van der Waals surface area contributed by atoms with E-state index < -0.39 is 0 Å². The molecule has 3 rings (SSSR count). The highest BCUT2D eigenvalue weighted by Gasteiger charge is 2.26. The second kappa shape index (κ2) is 6.84. The van der Waals surface area contributed by atoms with Crippen LogP contribution in [-0.2, 0) is 6.54 Å². The molecule has 1 aliphatic carbocycles. The van der Waals surface area contributed by atoms with Gasteiger partial charge in [-0.2, -0.15) is 5.10 Å². The topological polar surface area (TPSA) is 67.9 Å². The molecule has 0 radical (unpaired) electrons. The molecule has 1 aliphatic heterocycles. The van der Waals surface area contributed by atoms with E-state index in [0.29, 0.717) is 31.4 Å². The summed E-state index contributed by atoms with van der Waals surface area (Å²) in [7, 11) is 0. The maximum atomic E-state index is 14.4. The minimum Gasteiger partial charge on any atom is -0.377 e. The van der Waals surface area contributed by atoms with E-state index in [4.69, 9.17) is 10.8 Å². The molecule has 1 unspecified atom stereocenters. The van der Waals surface area contributed by atoms with Crippen LogP contribution in [0.15, 0.2) is 23.5 Å². The van der Waals surface area contributed by atoms with Crippen LogP contribution in [0.4, 0.5) is 4.39 Å². The first-order valence-electron chi connectivity index (χ1n) is 8.43. The van der Waals surface area contributed by atoms with E-state index >= 15 is 0 Å². The number of rotatable bonds is 7. The summed E-state index contributed by atoms with van der Waals surface area (Å²) in [5.41, 5.74) is 8.91. The summed E-state index contributed by atoms with van der Waals surface area (Å²) < 4.78 is 16.3. The fraction of sp³-hybridized carbons (Fsp3) is 0.588. The van der Waals surface area contributed by atoms with Crippen LogP contribution < -0.4 is 16.4 Å². The lowest BCUT2D eigenvalue weighted by Gasteiger charge is -2.17. The van der Waals surface area contributed by atoms with Crippen molar-refractivity contribution in [2.75, 3.05) is 13.1 Å². The highest BCUT2D eigenvalue weighted by molar-refractivity contribution is 5.67. The highest BCUT2D eigenvalue weighted by atomic mass is 19.1. The molecule has 0 amide bonds. The van der Waals surface area contributed by atoms with E-state index in [1.54, 1.807) is 6.08 Å². The van der Waals surface area contributed by atoms with Crippen LogP contribution in [0.25, 0.3) is 5.70 Å². The van der Waals surface area contributed by atoms with Gasteiger partial charge in [0.25, 0.3) is 0 Å². The second-order valence-electron chi connectivity index (χ2n) is 6.55. The van der Waals surface area contributed by atoms with Crippen LogP contribution in [0.5, 0.6) is 0 Å². The normalized spacial score (nSPS) is 19.6. The van der Waals surface area contributed by atoms with Crippen molar-refractivity contribution >= 4 is 5.70 Å². The van der Waals surface area contributed by atoms with Crippen LogP contribution in [0, 0.1) is 0 Å². The Morgan fingerprint density at radius 1 is 1.52 bits per heavy atom. The van der Waals surface area contributed by atoms with Crippen LogP contribution in [0.2, 0.25) is 0 Å². The van der Waals surface area contributed by atoms with Crippen LogP contribution >= 0.6 is 0 Å². The van der Waals surface area contributed by atoms with Gasteiger partial charge in [-0.15, -0.1) is 0 Å². The number of nitrogens with one attached hydrogen (secondary N) is 2. The number of allylic oxidation sites excluding steroid dienone is 2. The molecular weight excluding hydrogens is 293 g/mol. The first-order chi connectivity index (χ1) is 11.1. The second-order valence-corrected chi connectivity index (χ2v) is 6.55. The number of nitrogens with two attached hydrogens (primary N) is 1. The van der Waals surface area contributed by atoms with Crippen LogP contribution in [-0.4, -0.2) is 28.9 Å². The number of aryl methyl sites for hydroxylation is 1. The number of hydrogen-bond acceptors (Lipinski definition) is 4. The third-order valence-corrected chi connectivity index (χ3v) is 4.29. The Bertz CT molecular complexity index is 627. The van der Waals surface area contributed by atoms with Crippen LogP contribution in [0.3, 0.4) is 0 Å². The van der Waals surface area contributed by atoms with Crippen LogP contribution in [0.1, 0.15) is 50.5 Å². The largest absolute Gasteiger partial charge is 0.377 e. The van der Waals surface area contributed by atoms with Gasteiger partial charge in [0.15, 0.2) is 0 Å². The Morgan fingerprint density at radius 2 is 2.30 bits per heavy atom. The average Bonchev–Trinajstić information content (AvgIpc) is 3.22. The number of dihydropyridines is 1. The monoisotopic (exact) mass is 319 g/mol. The van der Waals surface area contributed by atoms with E-state index in [1.807, 2.05) is 17.7 Å². The third-order valence-electron chi connectivity index (χ3n) is 4.29. The predicted molar refractivity (Wildman–Crippen MR) is 90.3 cm³/mol. The molecule has 0 aromatic carbocycles. The standard InChI is InChI=1S/C17H26FN5/c1-11-8-14(18)17(20-10-11)16-9-15(12(2)21-13-4-5-13)22-23(16)7-3-6-19/h8-9,12-13,20-21H,3-7,10,19H2,1-2H3. The Balaban J connectivity index is 1.90. The van der Waals surface area contributed by atoms with Gasteiger partial charge in [-0.05, 0) is 51.8 Å². The summed E-state index contributed by atoms with van der Waals surface area (Å²) in [5, 5.41) is 11.4. The Kier molecular flexibility index (Phi) is 4.82. The fourth-order valence-corrected chi connectivity index (χ4v) is 2.81. The molecule has 126 valence electrons. The highest BCUT2D eigenvalue weighted by Crippen LogP contribution is 2.27. The van der Waals surface area contributed by atoms with E-state index in [1.165, 1.54) is 12.8 Å². The van der Waals surface area contributed by atoms with Gasteiger partial charge in [0, 0.05) is 25.2 Å². The fourth-order valence-electron chi connectivity index (χ4n) is 2.81. The average molecular weight is 319 g/mol. The number of hydrogen-bond donors (Lipinski definition) is 3. The molecule has 2 heterocycles. The van der Waals surface area contributed by atoms with E-state index in [-0.39, 0.29) is 11.9 Å².